The van der Waals surface area contributed by atoms with Gasteiger partial charge in [0.1, 0.15) is 0 Å². The minimum atomic E-state index is -0.140. The summed E-state index contributed by atoms with van der Waals surface area (Å²) in [5.74, 6) is -0.281. The molecule has 5 heteroatoms. The number of hydrogen-bond donors (Lipinski definition) is 1. The molecule has 134 valence electrons. The smallest absolute Gasteiger partial charge is 0.261 e. The van der Waals surface area contributed by atoms with Crippen LogP contribution in [0.25, 0.3) is 0 Å². The van der Waals surface area contributed by atoms with Crippen LogP contribution in [0.2, 0.25) is 0 Å². The molecule has 1 aromatic carbocycles. The van der Waals surface area contributed by atoms with Gasteiger partial charge in [-0.2, -0.15) is 0 Å². The van der Waals surface area contributed by atoms with E-state index in [9.17, 15) is 9.59 Å². The molecule has 1 N–H and O–H groups in total. The van der Waals surface area contributed by atoms with Crippen molar-refractivity contribution < 1.29 is 9.59 Å². The fourth-order valence-electron chi connectivity index (χ4n) is 4.19. The molecule has 0 saturated heterocycles. The van der Waals surface area contributed by atoms with E-state index < -0.39 is 0 Å². The van der Waals surface area contributed by atoms with Crippen LogP contribution in [0.3, 0.4) is 0 Å². The zero-order valence-electron chi connectivity index (χ0n) is 14.9. The fraction of sp³-hybridized carbons (Fsp3) is 0.381. The molecule has 26 heavy (non-hydrogen) atoms. The highest BCUT2D eigenvalue weighted by Gasteiger charge is 2.41. The number of carbonyl (C=O) groups is 2. The summed E-state index contributed by atoms with van der Waals surface area (Å²) in [6, 6.07) is 11.6. The van der Waals surface area contributed by atoms with E-state index in [1.54, 1.807) is 24.5 Å². The first-order valence-corrected chi connectivity index (χ1v) is 9.28. The van der Waals surface area contributed by atoms with E-state index in [0.29, 0.717) is 17.2 Å². The molecule has 1 aliphatic carbocycles. The van der Waals surface area contributed by atoms with Crippen molar-refractivity contribution in [2.75, 3.05) is 0 Å². The van der Waals surface area contributed by atoms with Crippen LogP contribution in [0.4, 0.5) is 0 Å². The number of fused-ring (bicyclic) bond motifs is 1. The van der Waals surface area contributed by atoms with Gasteiger partial charge >= 0.3 is 0 Å². The van der Waals surface area contributed by atoms with Gasteiger partial charge in [0, 0.05) is 30.5 Å². The van der Waals surface area contributed by atoms with E-state index in [1.807, 2.05) is 24.3 Å². The molecule has 1 aromatic heterocycles. The zero-order chi connectivity index (χ0) is 18.1. The predicted molar refractivity (Wildman–Crippen MR) is 98.8 cm³/mol. The minimum Gasteiger partial charge on any atom is -0.307 e. The summed E-state index contributed by atoms with van der Waals surface area (Å²) in [4.78, 5) is 31.0. The number of benzene rings is 1. The first kappa shape index (κ1) is 16.9. The van der Waals surface area contributed by atoms with Gasteiger partial charge in [0.2, 0.25) is 0 Å². The number of pyridine rings is 1. The Morgan fingerprint density at radius 2 is 1.69 bits per heavy atom. The molecule has 1 fully saturated rings. The van der Waals surface area contributed by atoms with Gasteiger partial charge in [-0.15, -0.1) is 0 Å². The van der Waals surface area contributed by atoms with E-state index in [2.05, 4.69) is 17.2 Å². The highest BCUT2D eigenvalue weighted by molar-refractivity contribution is 6.21. The van der Waals surface area contributed by atoms with E-state index >= 15 is 0 Å². The summed E-state index contributed by atoms with van der Waals surface area (Å²) in [6.45, 7) is 2.14. The number of imide groups is 1. The molecular formula is C21H23N3O2. The van der Waals surface area contributed by atoms with Crippen LogP contribution < -0.4 is 5.32 Å². The summed E-state index contributed by atoms with van der Waals surface area (Å²) >= 11 is 0. The van der Waals surface area contributed by atoms with Gasteiger partial charge < -0.3 is 5.32 Å². The lowest BCUT2D eigenvalue weighted by molar-refractivity contribution is 0.0531. The highest BCUT2D eigenvalue weighted by Crippen LogP contribution is 2.31. The van der Waals surface area contributed by atoms with Crippen LogP contribution in [0.15, 0.2) is 48.8 Å². The third-order valence-corrected chi connectivity index (χ3v) is 5.53. The number of hydrogen-bond acceptors (Lipinski definition) is 4. The zero-order valence-corrected chi connectivity index (χ0v) is 14.9. The van der Waals surface area contributed by atoms with Crippen molar-refractivity contribution in [2.45, 2.75) is 50.7 Å². The summed E-state index contributed by atoms with van der Waals surface area (Å²) in [7, 11) is 0. The largest absolute Gasteiger partial charge is 0.307 e. The summed E-state index contributed by atoms with van der Waals surface area (Å²) in [5, 5.41) is 3.66. The SMILES string of the molecule is C[C@H](N[C@@H]1CCC[C@H](N2C(=O)c3ccccc3C2=O)C1)c1ccncc1. The van der Waals surface area contributed by atoms with E-state index in [4.69, 9.17) is 0 Å². The van der Waals surface area contributed by atoms with Crippen LogP contribution in [-0.4, -0.2) is 33.8 Å². The lowest BCUT2D eigenvalue weighted by Gasteiger charge is -2.35. The first-order valence-electron chi connectivity index (χ1n) is 9.28. The minimum absolute atomic E-state index is 0.0294. The van der Waals surface area contributed by atoms with Gasteiger partial charge in [-0.1, -0.05) is 12.1 Å². The predicted octanol–water partition coefficient (Wildman–Crippen LogP) is 3.34. The fourth-order valence-corrected chi connectivity index (χ4v) is 4.19. The standard InChI is InChI=1S/C21H23N3O2/c1-14(15-9-11-22-12-10-15)23-16-5-4-6-17(13-16)24-20(25)18-7-2-3-8-19(18)21(24)26/h2-3,7-12,14,16-17,23H,4-6,13H2,1H3/t14-,16+,17-/m0/s1. The van der Waals surface area contributed by atoms with E-state index in [0.717, 1.165) is 25.7 Å². The second-order valence-electron chi connectivity index (χ2n) is 7.21. The van der Waals surface area contributed by atoms with Crippen molar-refractivity contribution in [3.63, 3.8) is 0 Å². The Balaban J connectivity index is 1.46. The van der Waals surface area contributed by atoms with Crippen molar-refractivity contribution in [1.29, 1.82) is 0 Å². The number of nitrogens with one attached hydrogen (secondary N) is 1. The summed E-state index contributed by atoms with van der Waals surface area (Å²) < 4.78 is 0. The Labute approximate surface area is 153 Å². The van der Waals surface area contributed by atoms with E-state index in [1.165, 1.54) is 10.5 Å². The maximum atomic E-state index is 12.7. The third-order valence-electron chi connectivity index (χ3n) is 5.53. The van der Waals surface area contributed by atoms with Crippen molar-refractivity contribution in [1.82, 2.24) is 15.2 Å². The average molecular weight is 349 g/mol. The maximum absolute atomic E-state index is 12.7. The van der Waals surface area contributed by atoms with Crippen molar-refractivity contribution in [3.8, 4) is 0 Å². The van der Waals surface area contributed by atoms with Crippen LogP contribution in [0, 0.1) is 0 Å². The summed E-state index contributed by atoms with van der Waals surface area (Å²) in [5.41, 5.74) is 2.28. The Bertz CT molecular complexity index is 786. The van der Waals surface area contributed by atoms with Gasteiger partial charge in [-0.3, -0.25) is 19.5 Å². The molecule has 0 unspecified atom stereocenters. The molecule has 5 nitrogen and oxygen atoms in total. The second-order valence-corrected chi connectivity index (χ2v) is 7.21. The highest BCUT2D eigenvalue weighted by atomic mass is 16.2. The van der Waals surface area contributed by atoms with Crippen molar-refractivity contribution in [2.24, 2.45) is 0 Å². The maximum Gasteiger partial charge on any atom is 0.261 e. The topological polar surface area (TPSA) is 62.3 Å². The summed E-state index contributed by atoms with van der Waals surface area (Å²) in [6.07, 6.45) is 7.37. The Morgan fingerprint density at radius 1 is 1.04 bits per heavy atom. The van der Waals surface area contributed by atoms with Crippen molar-refractivity contribution in [3.05, 3.63) is 65.5 Å². The quantitative estimate of drug-likeness (QED) is 0.860. The molecule has 2 amide bonds. The van der Waals surface area contributed by atoms with E-state index in [-0.39, 0.29) is 23.9 Å². The Hall–Kier alpha value is -2.53. The number of nitrogens with zero attached hydrogens (tertiary/aromatic N) is 2. The van der Waals surface area contributed by atoms with Gasteiger partial charge in [-0.05, 0) is 62.4 Å². The van der Waals surface area contributed by atoms with Gasteiger partial charge in [-0.25, -0.2) is 0 Å². The lowest BCUT2D eigenvalue weighted by Crippen LogP contribution is -2.47. The Kier molecular flexibility index (Phi) is 4.55. The number of aromatic nitrogens is 1. The molecule has 4 rings (SSSR count). The van der Waals surface area contributed by atoms with Gasteiger partial charge in [0.15, 0.2) is 0 Å². The third kappa shape index (κ3) is 3.03. The first-order chi connectivity index (χ1) is 12.6. The molecule has 0 spiro atoms. The number of rotatable bonds is 4. The monoisotopic (exact) mass is 349 g/mol. The molecular weight excluding hydrogens is 326 g/mol. The van der Waals surface area contributed by atoms with Gasteiger partial charge in [0.05, 0.1) is 11.1 Å². The number of carbonyl (C=O) groups excluding carboxylic acids is 2. The van der Waals surface area contributed by atoms with Crippen LogP contribution >= 0.6 is 0 Å². The molecule has 1 saturated carbocycles. The van der Waals surface area contributed by atoms with Crippen LogP contribution in [0.1, 0.15) is 64.9 Å². The Morgan fingerprint density at radius 3 is 2.35 bits per heavy atom. The molecule has 0 bridgehead atoms. The molecule has 2 heterocycles. The van der Waals surface area contributed by atoms with Gasteiger partial charge in [0.25, 0.3) is 11.8 Å². The molecule has 2 aromatic rings. The second kappa shape index (κ2) is 7.00. The lowest BCUT2D eigenvalue weighted by atomic mass is 9.89. The van der Waals surface area contributed by atoms with Crippen LogP contribution in [0.5, 0.6) is 0 Å². The molecule has 1 aliphatic heterocycles. The molecule has 2 aliphatic rings. The van der Waals surface area contributed by atoms with Crippen LogP contribution in [-0.2, 0) is 0 Å². The average Bonchev–Trinajstić information content (AvgIpc) is 2.94. The van der Waals surface area contributed by atoms with Crippen molar-refractivity contribution >= 4 is 11.8 Å². The normalized spacial score (nSPS) is 23.8. The number of amides is 2. The molecule has 3 atom stereocenters. The molecule has 0 radical (unpaired) electrons.